The minimum atomic E-state index is -3.73. The SMILES string of the molecule is COC(=O)Nc1ccc(S(C)(=O)=O)c([C@H]2CCCN2C(=O)[C@H](Nc2ccc3c(F)c[nH]c(=O)c3c2)c2ccc(OC)c(OC)c2)c1. The molecule has 0 aliphatic carbocycles. The van der Waals surface area contributed by atoms with Crippen molar-refractivity contribution in [3.05, 3.63) is 88.1 Å². The molecule has 242 valence electrons. The third-order valence-electron chi connectivity index (χ3n) is 7.89. The number of ether oxygens (including phenoxy) is 3. The molecule has 0 bridgehead atoms. The lowest BCUT2D eigenvalue weighted by Gasteiger charge is -2.31. The van der Waals surface area contributed by atoms with Gasteiger partial charge in [0, 0.05) is 35.8 Å². The first kappa shape index (κ1) is 32.3. The molecular formula is C32H33FN4O8S. The summed E-state index contributed by atoms with van der Waals surface area (Å²) in [7, 11) is 0.437. The summed E-state index contributed by atoms with van der Waals surface area (Å²) >= 11 is 0. The number of likely N-dealkylation sites (tertiary alicyclic amines) is 1. The van der Waals surface area contributed by atoms with Gasteiger partial charge in [-0.25, -0.2) is 17.6 Å². The average molecular weight is 653 g/mol. The van der Waals surface area contributed by atoms with Gasteiger partial charge in [0.1, 0.15) is 11.9 Å². The molecule has 12 nitrogen and oxygen atoms in total. The van der Waals surface area contributed by atoms with Crippen molar-refractivity contribution >= 4 is 44.0 Å². The van der Waals surface area contributed by atoms with Gasteiger partial charge < -0.3 is 29.4 Å². The second-order valence-corrected chi connectivity index (χ2v) is 12.7. The Bertz CT molecular complexity index is 1980. The standard InChI is InChI=1S/C32H33FN4O8S/c1-43-26-11-7-18(14-27(26)44-2)29(35-19-8-10-21-22(15-19)30(38)34-17-24(21)33)31(39)37-13-5-6-25(37)23-16-20(36-32(40)45-3)9-12-28(23)46(4,41)42/h7-12,14-17,25,29,35H,5-6,13H2,1-4H3,(H,34,38)(H,36,40)/t25-,29-/m1/s1. The first-order chi connectivity index (χ1) is 21.9. The van der Waals surface area contributed by atoms with Crippen molar-refractivity contribution in [3.63, 3.8) is 0 Å². The van der Waals surface area contributed by atoms with Gasteiger partial charge in [-0.1, -0.05) is 6.07 Å². The van der Waals surface area contributed by atoms with Crippen molar-refractivity contribution < 1.29 is 36.6 Å². The van der Waals surface area contributed by atoms with E-state index < -0.39 is 45.3 Å². The quantitative estimate of drug-likeness (QED) is 0.232. The van der Waals surface area contributed by atoms with Crippen molar-refractivity contribution in [2.24, 2.45) is 0 Å². The van der Waals surface area contributed by atoms with Crippen LogP contribution in [0, 0.1) is 5.82 Å². The molecule has 1 saturated heterocycles. The summed E-state index contributed by atoms with van der Waals surface area (Å²) in [5, 5.41) is 5.98. The number of sulfone groups is 1. The van der Waals surface area contributed by atoms with Crippen LogP contribution in [0.2, 0.25) is 0 Å². The maximum absolute atomic E-state index is 14.6. The highest BCUT2D eigenvalue weighted by Gasteiger charge is 2.37. The summed E-state index contributed by atoms with van der Waals surface area (Å²) in [4.78, 5) is 43.0. The molecule has 0 unspecified atom stereocenters. The molecule has 1 aromatic heterocycles. The number of anilines is 2. The number of nitrogens with zero attached hydrogens (tertiary/aromatic N) is 1. The number of nitrogens with one attached hydrogen (secondary N) is 3. The van der Waals surface area contributed by atoms with Gasteiger partial charge in [-0.05, 0) is 72.5 Å². The molecule has 2 heterocycles. The van der Waals surface area contributed by atoms with Crippen molar-refractivity contribution in [1.82, 2.24) is 9.88 Å². The third kappa shape index (κ3) is 6.47. The van der Waals surface area contributed by atoms with E-state index in [4.69, 9.17) is 9.47 Å². The molecule has 3 aromatic carbocycles. The summed E-state index contributed by atoms with van der Waals surface area (Å²) < 4.78 is 55.7. The van der Waals surface area contributed by atoms with Crippen LogP contribution in [0.5, 0.6) is 11.5 Å². The fourth-order valence-corrected chi connectivity index (χ4v) is 6.65. The number of amides is 2. The van der Waals surface area contributed by atoms with E-state index in [1.54, 1.807) is 29.2 Å². The van der Waals surface area contributed by atoms with Gasteiger partial charge in [0.2, 0.25) is 5.91 Å². The first-order valence-electron chi connectivity index (χ1n) is 14.2. The molecular weight excluding hydrogens is 619 g/mol. The van der Waals surface area contributed by atoms with E-state index in [9.17, 15) is 27.2 Å². The number of hydrogen-bond acceptors (Lipinski definition) is 9. The molecule has 1 aliphatic rings. The topological polar surface area (TPSA) is 156 Å². The average Bonchev–Trinajstić information content (AvgIpc) is 3.54. The zero-order chi connectivity index (χ0) is 33.2. The second kappa shape index (κ2) is 13.1. The maximum Gasteiger partial charge on any atom is 0.411 e. The van der Waals surface area contributed by atoms with Crippen LogP contribution >= 0.6 is 0 Å². The number of benzene rings is 3. The fourth-order valence-electron chi connectivity index (χ4n) is 5.71. The molecule has 2 atom stereocenters. The number of carbonyl (C=O) groups excluding carboxylic acids is 2. The number of hydrogen-bond donors (Lipinski definition) is 3. The van der Waals surface area contributed by atoms with E-state index in [0.717, 1.165) is 12.5 Å². The van der Waals surface area contributed by atoms with Gasteiger partial charge in [-0.2, -0.15) is 0 Å². The highest BCUT2D eigenvalue weighted by molar-refractivity contribution is 7.90. The van der Waals surface area contributed by atoms with Gasteiger partial charge in [-0.15, -0.1) is 0 Å². The molecule has 0 spiro atoms. The lowest BCUT2D eigenvalue weighted by molar-refractivity contribution is -0.133. The molecule has 2 amide bonds. The summed E-state index contributed by atoms with van der Waals surface area (Å²) in [6.45, 7) is 0.315. The Balaban J connectivity index is 1.60. The van der Waals surface area contributed by atoms with E-state index >= 15 is 0 Å². The number of aromatic nitrogens is 1. The number of fused-ring (bicyclic) bond motifs is 1. The maximum atomic E-state index is 14.6. The predicted molar refractivity (Wildman–Crippen MR) is 170 cm³/mol. The predicted octanol–water partition coefficient (Wildman–Crippen LogP) is 4.78. The van der Waals surface area contributed by atoms with Crippen LogP contribution < -0.4 is 25.7 Å². The molecule has 14 heteroatoms. The Morgan fingerprint density at radius 1 is 0.978 bits per heavy atom. The summed E-state index contributed by atoms with van der Waals surface area (Å²) in [6.07, 6.45) is 2.38. The van der Waals surface area contributed by atoms with Crippen LogP contribution in [-0.4, -0.2) is 64.4 Å². The highest BCUT2D eigenvalue weighted by atomic mass is 32.2. The fraction of sp³-hybridized carbons (Fsp3) is 0.281. The molecule has 1 fully saturated rings. The Hall–Kier alpha value is -5.11. The van der Waals surface area contributed by atoms with Crippen molar-refractivity contribution in [3.8, 4) is 11.5 Å². The number of rotatable bonds is 9. The first-order valence-corrected chi connectivity index (χ1v) is 16.1. The smallest absolute Gasteiger partial charge is 0.411 e. The minimum Gasteiger partial charge on any atom is -0.493 e. The van der Waals surface area contributed by atoms with Crippen molar-refractivity contribution in [2.75, 3.05) is 44.8 Å². The molecule has 1 aliphatic heterocycles. The third-order valence-corrected chi connectivity index (χ3v) is 9.06. The summed E-state index contributed by atoms with van der Waals surface area (Å²) in [5.74, 6) is -0.180. The van der Waals surface area contributed by atoms with Crippen LogP contribution in [-0.2, 0) is 19.4 Å². The number of halogens is 1. The Labute approximate surface area is 264 Å². The normalized spacial score (nSPS) is 15.3. The minimum absolute atomic E-state index is 0.0269. The van der Waals surface area contributed by atoms with Crippen LogP contribution in [0.15, 0.2) is 70.5 Å². The van der Waals surface area contributed by atoms with E-state index in [1.807, 2.05) is 0 Å². The van der Waals surface area contributed by atoms with Gasteiger partial charge >= 0.3 is 6.09 Å². The number of aromatic amines is 1. The van der Waals surface area contributed by atoms with Crippen LogP contribution in [0.3, 0.4) is 0 Å². The van der Waals surface area contributed by atoms with Gasteiger partial charge in [0.15, 0.2) is 21.3 Å². The van der Waals surface area contributed by atoms with Crippen molar-refractivity contribution in [1.29, 1.82) is 0 Å². The van der Waals surface area contributed by atoms with Gasteiger partial charge in [0.05, 0.1) is 37.7 Å². The number of carbonyl (C=O) groups is 2. The summed E-state index contributed by atoms with van der Waals surface area (Å²) in [6, 6.07) is 12.2. The zero-order valence-electron chi connectivity index (χ0n) is 25.5. The molecule has 0 saturated carbocycles. The van der Waals surface area contributed by atoms with Crippen LogP contribution in [0.4, 0.5) is 20.6 Å². The lowest BCUT2D eigenvalue weighted by Crippen LogP contribution is -2.38. The Kier molecular flexibility index (Phi) is 9.19. The van der Waals surface area contributed by atoms with E-state index in [2.05, 4.69) is 20.4 Å². The zero-order valence-corrected chi connectivity index (χ0v) is 26.4. The second-order valence-electron chi connectivity index (χ2n) is 10.7. The van der Waals surface area contributed by atoms with E-state index in [1.165, 1.54) is 51.7 Å². The molecule has 4 aromatic rings. The van der Waals surface area contributed by atoms with E-state index in [0.29, 0.717) is 53.4 Å². The summed E-state index contributed by atoms with van der Waals surface area (Å²) in [5.41, 5.74) is 1.01. The number of H-pyrrole nitrogens is 1. The van der Waals surface area contributed by atoms with Crippen molar-refractivity contribution in [2.45, 2.75) is 29.8 Å². The molecule has 5 rings (SSSR count). The van der Waals surface area contributed by atoms with Crippen LogP contribution in [0.1, 0.15) is 36.1 Å². The van der Waals surface area contributed by atoms with Gasteiger partial charge in [0.25, 0.3) is 5.56 Å². The lowest BCUT2D eigenvalue weighted by atomic mass is 10.00. The molecule has 0 radical (unpaired) electrons. The Morgan fingerprint density at radius 2 is 1.72 bits per heavy atom. The molecule has 3 N–H and O–H groups in total. The van der Waals surface area contributed by atoms with Crippen LogP contribution in [0.25, 0.3) is 10.8 Å². The number of methoxy groups -OCH3 is 3. The van der Waals surface area contributed by atoms with Gasteiger partial charge in [-0.3, -0.25) is 14.9 Å². The van der Waals surface area contributed by atoms with E-state index in [-0.39, 0.29) is 15.7 Å². The Morgan fingerprint density at radius 3 is 2.41 bits per heavy atom. The monoisotopic (exact) mass is 652 g/mol. The largest absolute Gasteiger partial charge is 0.493 e. The molecule has 46 heavy (non-hydrogen) atoms. The highest BCUT2D eigenvalue weighted by Crippen LogP contribution is 2.40. The number of pyridine rings is 1.